The maximum Gasteiger partial charge on any atom is 0.329 e. The average Bonchev–Trinajstić information content (AvgIpc) is 2.95. The molecule has 3 rings (SSSR count). The van der Waals surface area contributed by atoms with Crippen molar-refractivity contribution in [3.63, 3.8) is 0 Å². The smallest absolute Gasteiger partial charge is 0.329 e. The first-order valence-corrected chi connectivity index (χ1v) is 9.00. The number of aliphatic carboxylic acids is 1. The highest BCUT2D eigenvalue weighted by molar-refractivity contribution is 5.79. The van der Waals surface area contributed by atoms with Crippen molar-refractivity contribution in [1.82, 2.24) is 14.5 Å². The summed E-state index contributed by atoms with van der Waals surface area (Å²) in [5.41, 5.74) is -1.49. The van der Waals surface area contributed by atoms with Crippen LogP contribution in [0.15, 0.2) is 33.9 Å². The number of carbonyl (C=O) groups excluding carboxylic acids is 1. The predicted molar refractivity (Wildman–Crippen MR) is 101 cm³/mol. The first-order valence-electron chi connectivity index (χ1n) is 9.00. The number of carboxylic acids is 1. The van der Waals surface area contributed by atoms with E-state index in [-0.39, 0.29) is 31.8 Å². The molecule has 2 atom stereocenters. The first-order chi connectivity index (χ1) is 13.1. The van der Waals surface area contributed by atoms with E-state index in [2.05, 4.69) is 4.98 Å². The minimum absolute atomic E-state index is 0.0139. The maximum atomic E-state index is 12.6. The number of para-hydroxylation sites is 1. The average molecular weight is 389 g/mol. The van der Waals surface area contributed by atoms with Crippen molar-refractivity contribution in [1.29, 1.82) is 0 Å². The van der Waals surface area contributed by atoms with Gasteiger partial charge in [0.2, 0.25) is 5.91 Å². The fourth-order valence-corrected chi connectivity index (χ4v) is 3.76. The van der Waals surface area contributed by atoms with Gasteiger partial charge >= 0.3 is 11.7 Å². The lowest BCUT2D eigenvalue weighted by molar-refractivity contribution is -0.140. The summed E-state index contributed by atoms with van der Waals surface area (Å²) in [5, 5.41) is 19.8. The van der Waals surface area contributed by atoms with Crippen LogP contribution >= 0.6 is 0 Å². The molecule has 0 bridgehead atoms. The molecule has 1 saturated heterocycles. The molecule has 28 heavy (non-hydrogen) atoms. The number of hydrogen-bond donors (Lipinski definition) is 3. The molecule has 1 fully saturated rings. The van der Waals surface area contributed by atoms with E-state index in [1.165, 1.54) is 9.47 Å². The van der Waals surface area contributed by atoms with Gasteiger partial charge < -0.3 is 15.1 Å². The SMILES string of the molecule is CC(C)(CC(=O)O)CC(=O)N1C[C@H](O)[C@@H](n2c(=O)[nH]c(=O)c3ccccc32)C1. The van der Waals surface area contributed by atoms with Crippen molar-refractivity contribution in [3.05, 3.63) is 45.1 Å². The van der Waals surface area contributed by atoms with E-state index in [1.54, 1.807) is 38.1 Å². The second-order valence-corrected chi connectivity index (χ2v) is 7.99. The number of fused-ring (bicyclic) bond motifs is 1. The molecule has 2 heterocycles. The number of carboxylic acid groups (broad SMARTS) is 1. The van der Waals surface area contributed by atoms with Gasteiger partial charge in [0.25, 0.3) is 5.56 Å². The highest BCUT2D eigenvalue weighted by Gasteiger charge is 2.38. The highest BCUT2D eigenvalue weighted by Crippen LogP contribution is 2.29. The van der Waals surface area contributed by atoms with Crippen LogP contribution in [0, 0.1) is 5.41 Å². The molecule has 9 nitrogen and oxygen atoms in total. The van der Waals surface area contributed by atoms with Gasteiger partial charge in [0.15, 0.2) is 0 Å². The first kappa shape index (κ1) is 19.8. The summed E-state index contributed by atoms with van der Waals surface area (Å²) < 4.78 is 1.32. The van der Waals surface area contributed by atoms with E-state index in [1.807, 2.05) is 0 Å². The highest BCUT2D eigenvalue weighted by atomic mass is 16.4. The molecular formula is C19H23N3O6. The Balaban J connectivity index is 1.88. The second kappa shape index (κ2) is 7.23. The summed E-state index contributed by atoms with van der Waals surface area (Å²) in [6, 6.07) is 5.87. The molecule has 150 valence electrons. The topological polar surface area (TPSA) is 133 Å². The number of aliphatic hydroxyl groups is 1. The molecule has 1 aliphatic heterocycles. The predicted octanol–water partition coefficient (Wildman–Crippen LogP) is 0.325. The van der Waals surface area contributed by atoms with Crippen LogP contribution in [0.1, 0.15) is 32.7 Å². The lowest BCUT2D eigenvalue weighted by Gasteiger charge is -2.25. The minimum atomic E-state index is -0.987. The summed E-state index contributed by atoms with van der Waals surface area (Å²) in [7, 11) is 0. The fourth-order valence-electron chi connectivity index (χ4n) is 3.76. The van der Waals surface area contributed by atoms with E-state index in [9.17, 15) is 24.3 Å². The van der Waals surface area contributed by atoms with Crippen molar-refractivity contribution < 1.29 is 19.8 Å². The van der Waals surface area contributed by atoms with Crippen LogP contribution in [0.5, 0.6) is 0 Å². The minimum Gasteiger partial charge on any atom is -0.481 e. The van der Waals surface area contributed by atoms with Crippen LogP contribution in [0.4, 0.5) is 0 Å². The van der Waals surface area contributed by atoms with Crippen molar-refractivity contribution >= 4 is 22.8 Å². The number of nitrogens with one attached hydrogen (secondary N) is 1. The standard InChI is InChI=1S/C19H23N3O6/c1-19(2,8-16(25)26)7-15(24)21-9-13(14(23)10-21)22-12-6-4-3-5-11(12)17(27)20-18(22)28/h3-6,13-14,23H,7-10H2,1-2H3,(H,25,26)(H,20,27,28)/t13-,14-/m0/s1. The molecule has 0 unspecified atom stereocenters. The van der Waals surface area contributed by atoms with Crippen molar-refractivity contribution in [2.45, 2.75) is 38.8 Å². The number of benzene rings is 1. The number of β-amino-alcohol motifs (C(OH)–C–C–N with tert-alkyl or cyclic N) is 1. The van der Waals surface area contributed by atoms with Crippen molar-refractivity contribution in [2.24, 2.45) is 5.41 Å². The Hall–Kier alpha value is -2.94. The third-order valence-corrected chi connectivity index (χ3v) is 5.05. The van der Waals surface area contributed by atoms with Crippen LogP contribution in [-0.2, 0) is 9.59 Å². The van der Waals surface area contributed by atoms with E-state index in [0.717, 1.165) is 0 Å². The number of nitrogens with zero attached hydrogens (tertiary/aromatic N) is 2. The third-order valence-electron chi connectivity index (χ3n) is 5.05. The number of H-pyrrole nitrogens is 1. The summed E-state index contributed by atoms with van der Waals surface area (Å²) in [6.45, 7) is 3.53. The normalized spacial score (nSPS) is 19.9. The number of aromatic amines is 1. The summed E-state index contributed by atoms with van der Waals surface area (Å²) >= 11 is 0. The zero-order valence-electron chi connectivity index (χ0n) is 15.7. The van der Waals surface area contributed by atoms with Crippen LogP contribution in [-0.4, -0.2) is 55.7 Å². The Morgan fingerprint density at radius 1 is 1.18 bits per heavy atom. The van der Waals surface area contributed by atoms with Gasteiger partial charge in [-0.1, -0.05) is 26.0 Å². The molecule has 0 spiro atoms. The van der Waals surface area contributed by atoms with Crippen LogP contribution in [0.25, 0.3) is 10.9 Å². The van der Waals surface area contributed by atoms with Crippen LogP contribution in [0.3, 0.4) is 0 Å². The fraction of sp³-hybridized carbons (Fsp3) is 0.474. The quantitative estimate of drug-likeness (QED) is 0.675. The van der Waals surface area contributed by atoms with Gasteiger partial charge in [-0.25, -0.2) is 4.79 Å². The lowest BCUT2D eigenvalue weighted by atomic mass is 9.85. The molecular weight excluding hydrogens is 366 g/mol. The van der Waals surface area contributed by atoms with Gasteiger partial charge in [0.05, 0.1) is 29.5 Å². The molecule has 0 saturated carbocycles. The van der Waals surface area contributed by atoms with Crippen LogP contribution < -0.4 is 11.2 Å². The molecule has 1 amide bonds. The molecule has 3 N–H and O–H groups in total. The molecule has 2 aromatic rings. The zero-order chi connectivity index (χ0) is 20.6. The van der Waals surface area contributed by atoms with Gasteiger partial charge in [0.1, 0.15) is 0 Å². The Kier molecular flexibility index (Phi) is 5.12. The summed E-state index contributed by atoms with van der Waals surface area (Å²) in [5.74, 6) is -1.27. The third kappa shape index (κ3) is 3.84. The van der Waals surface area contributed by atoms with E-state index < -0.39 is 34.8 Å². The summed E-state index contributed by atoms with van der Waals surface area (Å²) in [4.78, 5) is 51.8. The number of aliphatic hydroxyl groups excluding tert-OH is 1. The number of amides is 1. The zero-order valence-corrected chi connectivity index (χ0v) is 15.7. The van der Waals surface area contributed by atoms with Gasteiger partial charge in [-0.3, -0.25) is 23.9 Å². The Morgan fingerprint density at radius 2 is 1.86 bits per heavy atom. The largest absolute Gasteiger partial charge is 0.481 e. The van der Waals surface area contributed by atoms with E-state index >= 15 is 0 Å². The molecule has 1 aromatic heterocycles. The Morgan fingerprint density at radius 3 is 2.54 bits per heavy atom. The van der Waals surface area contributed by atoms with E-state index in [4.69, 9.17) is 5.11 Å². The molecule has 1 aliphatic rings. The second-order valence-electron chi connectivity index (χ2n) is 7.99. The molecule has 1 aromatic carbocycles. The maximum absolute atomic E-state index is 12.6. The number of likely N-dealkylation sites (tertiary alicyclic amines) is 1. The summed E-state index contributed by atoms with van der Waals surface area (Å²) in [6.07, 6.45) is -1.12. The van der Waals surface area contributed by atoms with Crippen molar-refractivity contribution in [3.8, 4) is 0 Å². The number of aromatic nitrogens is 2. The lowest BCUT2D eigenvalue weighted by Crippen LogP contribution is -2.37. The van der Waals surface area contributed by atoms with Gasteiger partial charge in [-0.15, -0.1) is 0 Å². The Labute approximate surface area is 160 Å². The molecule has 9 heteroatoms. The number of carbonyl (C=O) groups is 2. The number of rotatable bonds is 5. The van der Waals surface area contributed by atoms with Gasteiger partial charge in [-0.05, 0) is 17.5 Å². The van der Waals surface area contributed by atoms with Gasteiger partial charge in [0, 0.05) is 19.5 Å². The van der Waals surface area contributed by atoms with Crippen molar-refractivity contribution in [2.75, 3.05) is 13.1 Å². The monoisotopic (exact) mass is 389 g/mol. The van der Waals surface area contributed by atoms with Crippen LogP contribution in [0.2, 0.25) is 0 Å². The number of hydrogen-bond acceptors (Lipinski definition) is 5. The van der Waals surface area contributed by atoms with Gasteiger partial charge in [-0.2, -0.15) is 0 Å². The molecule has 0 aliphatic carbocycles. The van der Waals surface area contributed by atoms with E-state index in [0.29, 0.717) is 10.9 Å². The molecule has 0 radical (unpaired) electrons. The Bertz CT molecular complexity index is 1040.